The van der Waals surface area contributed by atoms with Crippen molar-refractivity contribution in [3.63, 3.8) is 0 Å². The van der Waals surface area contributed by atoms with Crippen molar-refractivity contribution in [2.24, 2.45) is 4.99 Å². The molecule has 1 unspecified atom stereocenters. The van der Waals surface area contributed by atoms with Crippen LogP contribution in [0.2, 0.25) is 0 Å². The maximum absolute atomic E-state index is 12.1. The predicted octanol–water partition coefficient (Wildman–Crippen LogP) is 2.68. The van der Waals surface area contributed by atoms with Gasteiger partial charge < -0.3 is 24.8 Å². The lowest BCUT2D eigenvalue weighted by atomic mass is 10.1. The molecule has 9 nitrogen and oxygen atoms in total. The number of halogens is 1. The average Bonchev–Trinajstić information content (AvgIpc) is 3.15. The molecule has 2 N–H and O–H groups in total. The summed E-state index contributed by atoms with van der Waals surface area (Å²) in [6, 6.07) is 1.89. The first-order valence-corrected chi connectivity index (χ1v) is 10.4. The summed E-state index contributed by atoms with van der Waals surface area (Å²) in [4.78, 5) is 21.1. The zero-order valence-corrected chi connectivity index (χ0v) is 21.1. The number of hydrogen-bond donors (Lipinski definition) is 2. The number of carbonyl (C=O) groups excluding carboxylic acids is 1. The lowest BCUT2D eigenvalue weighted by Crippen LogP contribution is -2.54. The van der Waals surface area contributed by atoms with Crippen molar-refractivity contribution in [2.75, 3.05) is 39.8 Å². The monoisotopic (exact) mass is 536 g/mol. The Bertz CT molecular complexity index is 639. The summed E-state index contributed by atoms with van der Waals surface area (Å²) >= 11 is 0. The van der Waals surface area contributed by atoms with Gasteiger partial charge in [-0.15, -0.1) is 24.0 Å². The van der Waals surface area contributed by atoms with Gasteiger partial charge in [-0.05, 0) is 27.2 Å². The van der Waals surface area contributed by atoms with E-state index in [2.05, 4.69) is 37.5 Å². The van der Waals surface area contributed by atoms with Crippen molar-refractivity contribution in [2.45, 2.75) is 58.7 Å². The zero-order valence-electron chi connectivity index (χ0n) is 18.8. The first-order chi connectivity index (χ1) is 13.8. The van der Waals surface area contributed by atoms with Gasteiger partial charge in [0, 0.05) is 58.4 Å². The topological polar surface area (TPSA) is 95.2 Å². The van der Waals surface area contributed by atoms with Crippen LogP contribution in [-0.4, -0.2) is 78.4 Å². The highest BCUT2D eigenvalue weighted by atomic mass is 127. The summed E-state index contributed by atoms with van der Waals surface area (Å²) < 4.78 is 10.3. The number of hydrogen-bond acceptors (Lipinski definition) is 6. The third-order valence-corrected chi connectivity index (χ3v) is 4.63. The van der Waals surface area contributed by atoms with Crippen molar-refractivity contribution in [1.29, 1.82) is 0 Å². The van der Waals surface area contributed by atoms with E-state index in [0.717, 1.165) is 57.2 Å². The van der Waals surface area contributed by atoms with Gasteiger partial charge in [0.05, 0.1) is 5.69 Å². The van der Waals surface area contributed by atoms with Crippen molar-refractivity contribution in [1.82, 2.24) is 25.6 Å². The zero-order chi connectivity index (χ0) is 21.3. The van der Waals surface area contributed by atoms with Crippen LogP contribution in [0.5, 0.6) is 0 Å². The van der Waals surface area contributed by atoms with Crippen LogP contribution in [0.4, 0.5) is 4.79 Å². The standard InChI is InChI=1S/C20H36N6O3.HI/c1-6-7-16(23-19(27)29-20(2,3)4)14-22-18(21-5)26-11-9-25(10-12-26)15-17-8-13-28-24-17;/h8,13,16H,6-7,9-12,14-15H2,1-5H3,(H,21,22)(H,23,27);1H. The molecule has 0 saturated carbocycles. The summed E-state index contributed by atoms with van der Waals surface area (Å²) in [5.74, 6) is 0.859. The van der Waals surface area contributed by atoms with Gasteiger partial charge in [-0.1, -0.05) is 18.5 Å². The third kappa shape index (κ3) is 9.50. The molecule has 1 aliphatic rings. The van der Waals surface area contributed by atoms with Crippen LogP contribution in [0, 0.1) is 0 Å². The van der Waals surface area contributed by atoms with Gasteiger partial charge in [0.25, 0.3) is 0 Å². The summed E-state index contributed by atoms with van der Waals surface area (Å²) in [5, 5.41) is 10.4. The van der Waals surface area contributed by atoms with Crippen LogP contribution in [0.1, 0.15) is 46.2 Å². The minimum atomic E-state index is -0.504. The number of aromatic nitrogens is 1. The molecular formula is C20H37IN6O3. The molecule has 1 aromatic heterocycles. The number of nitrogens with zero attached hydrogens (tertiary/aromatic N) is 4. The average molecular weight is 536 g/mol. The molecule has 1 saturated heterocycles. The number of piperazine rings is 1. The first kappa shape index (κ1) is 26.5. The van der Waals surface area contributed by atoms with Gasteiger partial charge in [-0.25, -0.2) is 4.79 Å². The molecular weight excluding hydrogens is 499 g/mol. The Morgan fingerprint density at radius 3 is 2.57 bits per heavy atom. The maximum Gasteiger partial charge on any atom is 0.407 e. The first-order valence-electron chi connectivity index (χ1n) is 10.4. The second-order valence-electron chi connectivity index (χ2n) is 8.31. The summed E-state index contributed by atoms with van der Waals surface area (Å²) in [5.41, 5.74) is 0.451. The van der Waals surface area contributed by atoms with E-state index in [1.165, 1.54) is 0 Å². The molecule has 1 aliphatic heterocycles. The van der Waals surface area contributed by atoms with Gasteiger partial charge in [0.2, 0.25) is 0 Å². The minimum Gasteiger partial charge on any atom is -0.444 e. The Balaban J connectivity index is 0.00000450. The van der Waals surface area contributed by atoms with Crippen molar-refractivity contribution in [3.05, 3.63) is 18.0 Å². The minimum absolute atomic E-state index is 0. The summed E-state index contributed by atoms with van der Waals surface area (Å²) in [7, 11) is 1.79. The van der Waals surface area contributed by atoms with E-state index in [4.69, 9.17) is 9.26 Å². The Labute approximate surface area is 197 Å². The summed E-state index contributed by atoms with van der Waals surface area (Å²) in [6.45, 7) is 12.7. The maximum atomic E-state index is 12.1. The molecule has 0 bridgehead atoms. The van der Waals surface area contributed by atoms with Crippen LogP contribution in [0.25, 0.3) is 0 Å². The van der Waals surface area contributed by atoms with E-state index in [1.807, 2.05) is 26.8 Å². The fourth-order valence-electron chi connectivity index (χ4n) is 3.26. The fraction of sp³-hybridized carbons (Fsp3) is 0.750. The van der Waals surface area contributed by atoms with Crippen LogP contribution >= 0.6 is 24.0 Å². The Morgan fingerprint density at radius 2 is 2.03 bits per heavy atom. The Kier molecular flexibility index (Phi) is 11.5. The molecule has 2 rings (SSSR count). The molecule has 172 valence electrons. The van der Waals surface area contributed by atoms with E-state index in [9.17, 15) is 4.79 Å². The number of amides is 1. The van der Waals surface area contributed by atoms with Gasteiger partial charge >= 0.3 is 6.09 Å². The molecule has 1 amide bonds. The quantitative estimate of drug-likeness (QED) is 0.315. The second kappa shape index (κ2) is 13.0. The SMILES string of the molecule is CCCC(CNC(=NC)N1CCN(Cc2ccon2)CC1)NC(=O)OC(C)(C)C.I. The van der Waals surface area contributed by atoms with Gasteiger partial charge in [-0.2, -0.15) is 0 Å². The third-order valence-electron chi connectivity index (χ3n) is 4.63. The number of nitrogens with one attached hydrogen (secondary N) is 2. The second-order valence-corrected chi connectivity index (χ2v) is 8.31. The summed E-state index contributed by atoms with van der Waals surface area (Å²) in [6.07, 6.45) is 3.07. The van der Waals surface area contributed by atoms with E-state index in [-0.39, 0.29) is 36.1 Å². The van der Waals surface area contributed by atoms with Crippen molar-refractivity contribution < 1.29 is 14.1 Å². The molecule has 1 aromatic rings. The van der Waals surface area contributed by atoms with E-state index in [0.29, 0.717) is 6.54 Å². The molecule has 1 fully saturated rings. The lowest BCUT2D eigenvalue weighted by molar-refractivity contribution is 0.0502. The number of rotatable bonds is 7. The molecule has 0 aliphatic carbocycles. The Morgan fingerprint density at radius 1 is 1.33 bits per heavy atom. The van der Waals surface area contributed by atoms with Crippen LogP contribution in [-0.2, 0) is 11.3 Å². The van der Waals surface area contributed by atoms with Crippen LogP contribution in [0.3, 0.4) is 0 Å². The van der Waals surface area contributed by atoms with Gasteiger partial charge in [0.15, 0.2) is 5.96 Å². The molecule has 0 radical (unpaired) electrons. The molecule has 30 heavy (non-hydrogen) atoms. The smallest absolute Gasteiger partial charge is 0.407 e. The van der Waals surface area contributed by atoms with Crippen LogP contribution < -0.4 is 10.6 Å². The van der Waals surface area contributed by atoms with Crippen molar-refractivity contribution in [3.8, 4) is 0 Å². The van der Waals surface area contributed by atoms with Gasteiger partial charge in [-0.3, -0.25) is 9.89 Å². The largest absolute Gasteiger partial charge is 0.444 e. The molecule has 10 heteroatoms. The van der Waals surface area contributed by atoms with Crippen molar-refractivity contribution >= 4 is 36.0 Å². The highest BCUT2D eigenvalue weighted by molar-refractivity contribution is 14.0. The van der Waals surface area contributed by atoms with Crippen LogP contribution in [0.15, 0.2) is 21.8 Å². The number of aliphatic imine (C=N–C) groups is 1. The number of ether oxygens (including phenoxy) is 1. The molecule has 0 spiro atoms. The number of alkyl carbamates (subject to hydrolysis) is 1. The van der Waals surface area contributed by atoms with E-state index < -0.39 is 5.60 Å². The highest BCUT2D eigenvalue weighted by Crippen LogP contribution is 2.09. The number of guanidine groups is 1. The Hall–Kier alpha value is -1.56. The highest BCUT2D eigenvalue weighted by Gasteiger charge is 2.22. The molecule has 0 aromatic carbocycles. The van der Waals surface area contributed by atoms with E-state index in [1.54, 1.807) is 13.3 Å². The molecule has 1 atom stereocenters. The number of carbonyl (C=O) groups is 1. The lowest BCUT2D eigenvalue weighted by Gasteiger charge is -2.36. The molecule has 2 heterocycles. The normalized spacial score (nSPS) is 16.6. The fourth-order valence-corrected chi connectivity index (χ4v) is 3.26. The van der Waals surface area contributed by atoms with E-state index >= 15 is 0 Å². The predicted molar refractivity (Wildman–Crippen MR) is 128 cm³/mol. The van der Waals surface area contributed by atoms with Gasteiger partial charge in [0.1, 0.15) is 11.9 Å².